The van der Waals surface area contributed by atoms with E-state index in [4.69, 9.17) is 4.74 Å². The molecule has 0 aliphatic carbocycles. The fourth-order valence-electron chi connectivity index (χ4n) is 5.72. The van der Waals surface area contributed by atoms with Crippen LogP contribution in [0.2, 0.25) is 0 Å². The lowest BCUT2D eigenvalue weighted by molar-refractivity contribution is -0.124. The largest absolute Gasteiger partial charge is 0.494 e. The van der Waals surface area contributed by atoms with Gasteiger partial charge in [0, 0.05) is 5.56 Å². The molecule has 37 heavy (non-hydrogen) atoms. The third kappa shape index (κ3) is 3.73. The maximum absolute atomic E-state index is 13.9. The summed E-state index contributed by atoms with van der Waals surface area (Å²) in [5.41, 5.74) is 2.77. The molecule has 7 heteroatoms. The SMILES string of the molecule is CCCCOc1ccc(N2C(=O)[C@@H]3[C@H](C2=O)[C@H]2c4ccccc4C=NN2[C@H]3C(=O)c2ccccc2)cc1. The fraction of sp³-hybridized carbons (Fsp3) is 0.267. The number of ether oxygens (including phenoxy) is 1. The molecule has 2 amide bonds. The Balaban J connectivity index is 1.39. The second kappa shape index (κ2) is 9.32. The maximum atomic E-state index is 13.9. The van der Waals surface area contributed by atoms with Gasteiger partial charge in [-0.05, 0) is 41.8 Å². The van der Waals surface area contributed by atoms with Crippen LogP contribution >= 0.6 is 0 Å². The highest BCUT2D eigenvalue weighted by molar-refractivity contribution is 6.24. The molecule has 3 aliphatic rings. The van der Waals surface area contributed by atoms with Gasteiger partial charge in [-0.1, -0.05) is 67.9 Å². The van der Waals surface area contributed by atoms with Crippen molar-refractivity contribution in [3.8, 4) is 5.75 Å². The molecule has 0 spiro atoms. The van der Waals surface area contributed by atoms with Gasteiger partial charge in [-0.25, -0.2) is 4.90 Å². The minimum atomic E-state index is -0.875. The van der Waals surface area contributed by atoms with Gasteiger partial charge in [0.25, 0.3) is 0 Å². The number of carbonyl (C=O) groups excluding carboxylic acids is 3. The highest BCUT2D eigenvalue weighted by Crippen LogP contribution is 2.53. The number of nitrogens with zero attached hydrogens (tertiary/aromatic N) is 3. The Bertz CT molecular complexity index is 1390. The Morgan fingerprint density at radius 1 is 0.892 bits per heavy atom. The number of imide groups is 1. The van der Waals surface area contributed by atoms with Crippen LogP contribution in [0.1, 0.15) is 47.3 Å². The molecule has 2 fully saturated rings. The van der Waals surface area contributed by atoms with Crippen molar-refractivity contribution in [2.45, 2.75) is 31.8 Å². The van der Waals surface area contributed by atoms with Crippen LogP contribution in [-0.2, 0) is 9.59 Å². The number of hydrogen-bond donors (Lipinski definition) is 0. The second-order valence-electron chi connectivity index (χ2n) is 9.63. The third-order valence-electron chi connectivity index (χ3n) is 7.48. The monoisotopic (exact) mass is 493 g/mol. The zero-order valence-electron chi connectivity index (χ0n) is 20.5. The molecule has 186 valence electrons. The molecule has 0 unspecified atom stereocenters. The number of hydrogen-bond acceptors (Lipinski definition) is 6. The molecule has 0 bridgehead atoms. The number of benzene rings is 3. The topological polar surface area (TPSA) is 79.3 Å². The summed E-state index contributed by atoms with van der Waals surface area (Å²) >= 11 is 0. The van der Waals surface area contributed by atoms with Gasteiger partial charge in [0.15, 0.2) is 5.78 Å². The molecule has 0 radical (unpaired) electrons. The molecule has 6 rings (SSSR count). The van der Waals surface area contributed by atoms with Gasteiger partial charge in [0.2, 0.25) is 11.8 Å². The molecule has 0 N–H and O–H groups in total. The van der Waals surface area contributed by atoms with E-state index in [1.807, 2.05) is 30.3 Å². The van der Waals surface area contributed by atoms with Crippen LogP contribution < -0.4 is 9.64 Å². The Labute approximate surface area is 215 Å². The predicted octanol–water partition coefficient (Wildman–Crippen LogP) is 4.63. The number of rotatable bonds is 7. The summed E-state index contributed by atoms with van der Waals surface area (Å²) in [5, 5.41) is 6.29. The van der Waals surface area contributed by atoms with E-state index in [-0.39, 0.29) is 17.6 Å². The molecule has 0 aromatic heterocycles. The van der Waals surface area contributed by atoms with E-state index in [0.29, 0.717) is 23.6 Å². The number of anilines is 1. The van der Waals surface area contributed by atoms with E-state index < -0.39 is 23.9 Å². The van der Waals surface area contributed by atoms with E-state index in [9.17, 15) is 14.4 Å². The van der Waals surface area contributed by atoms with E-state index >= 15 is 0 Å². The Hall–Kier alpha value is -4.26. The molecule has 4 atom stereocenters. The first kappa shape index (κ1) is 23.2. The van der Waals surface area contributed by atoms with Crippen LogP contribution in [0.15, 0.2) is 84.0 Å². The van der Waals surface area contributed by atoms with Gasteiger partial charge in [-0.2, -0.15) is 5.10 Å². The summed E-state index contributed by atoms with van der Waals surface area (Å²) in [6.45, 7) is 2.71. The van der Waals surface area contributed by atoms with Gasteiger partial charge in [0.05, 0.1) is 36.4 Å². The molecular weight excluding hydrogens is 466 g/mol. The van der Waals surface area contributed by atoms with Gasteiger partial charge in [0.1, 0.15) is 11.8 Å². The van der Waals surface area contributed by atoms with Gasteiger partial charge in [-0.15, -0.1) is 0 Å². The number of amides is 2. The number of Topliss-reactive ketones (excluding diaryl/α,β-unsaturated/α-hetero) is 1. The van der Waals surface area contributed by atoms with E-state index in [2.05, 4.69) is 12.0 Å². The summed E-state index contributed by atoms with van der Waals surface area (Å²) in [6.07, 6.45) is 3.70. The zero-order valence-corrected chi connectivity index (χ0v) is 20.5. The molecule has 3 aromatic carbocycles. The molecule has 0 saturated carbocycles. The fourth-order valence-corrected chi connectivity index (χ4v) is 5.72. The number of ketones is 1. The molecule has 2 saturated heterocycles. The lowest BCUT2D eigenvalue weighted by atomic mass is 9.83. The van der Waals surface area contributed by atoms with Gasteiger partial charge in [-0.3, -0.25) is 19.4 Å². The highest BCUT2D eigenvalue weighted by Gasteiger charge is 2.65. The van der Waals surface area contributed by atoms with Crippen molar-refractivity contribution in [3.63, 3.8) is 0 Å². The predicted molar refractivity (Wildman–Crippen MR) is 139 cm³/mol. The van der Waals surface area contributed by atoms with Crippen molar-refractivity contribution in [2.24, 2.45) is 16.9 Å². The summed E-state index contributed by atoms with van der Waals surface area (Å²) in [6, 6.07) is 22.3. The van der Waals surface area contributed by atoms with Crippen LogP contribution in [0.4, 0.5) is 5.69 Å². The van der Waals surface area contributed by atoms with Crippen molar-refractivity contribution in [1.29, 1.82) is 0 Å². The molecule has 3 aliphatic heterocycles. The van der Waals surface area contributed by atoms with Crippen LogP contribution in [0.3, 0.4) is 0 Å². The number of unbranched alkanes of at least 4 members (excludes halogenated alkanes) is 1. The van der Waals surface area contributed by atoms with E-state index in [1.54, 1.807) is 59.8 Å². The Kier molecular flexibility index (Phi) is 5.83. The van der Waals surface area contributed by atoms with Crippen LogP contribution in [0, 0.1) is 11.8 Å². The van der Waals surface area contributed by atoms with E-state index in [0.717, 1.165) is 24.0 Å². The van der Waals surface area contributed by atoms with Crippen molar-refractivity contribution in [2.75, 3.05) is 11.5 Å². The average Bonchev–Trinajstić information content (AvgIpc) is 3.41. The normalized spacial score (nSPS) is 23.6. The number of hydrazone groups is 1. The van der Waals surface area contributed by atoms with Crippen molar-refractivity contribution >= 4 is 29.5 Å². The maximum Gasteiger partial charge on any atom is 0.240 e. The summed E-state index contributed by atoms with van der Waals surface area (Å²) in [7, 11) is 0. The van der Waals surface area contributed by atoms with Crippen LogP contribution in [-0.4, -0.2) is 41.5 Å². The summed E-state index contributed by atoms with van der Waals surface area (Å²) in [5.74, 6) is -1.75. The molecule has 3 aromatic rings. The molecule has 3 heterocycles. The number of fused-ring (bicyclic) bond motifs is 5. The lowest BCUT2D eigenvalue weighted by Crippen LogP contribution is -2.44. The number of carbonyl (C=O) groups is 3. The van der Waals surface area contributed by atoms with E-state index in [1.165, 1.54) is 4.90 Å². The van der Waals surface area contributed by atoms with Crippen LogP contribution in [0.25, 0.3) is 0 Å². The lowest BCUT2D eigenvalue weighted by Gasteiger charge is -2.33. The molecule has 7 nitrogen and oxygen atoms in total. The van der Waals surface area contributed by atoms with Crippen molar-refractivity contribution in [3.05, 3.63) is 95.6 Å². The van der Waals surface area contributed by atoms with Crippen LogP contribution in [0.5, 0.6) is 5.75 Å². The smallest absolute Gasteiger partial charge is 0.240 e. The minimum absolute atomic E-state index is 0.211. The first-order chi connectivity index (χ1) is 18.1. The van der Waals surface area contributed by atoms with Gasteiger partial charge < -0.3 is 4.74 Å². The average molecular weight is 494 g/mol. The Morgan fingerprint density at radius 3 is 2.35 bits per heavy atom. The Morgan fingerprint density at radius 2 is 1.59 bits per heavy atom. The van der Waals surface area contributed by atoms with Gasteiger partial charge >= 0.3 is 0 Å². The highest BCUT2D eigenvalue weighted by atomic mass is 16.5. The van der Waals surface area contributed by atoms with Crippen molar-refractivity contribution < 1.29 is 19.1 Å². The summed E-state index contributed by atoms with van der Waals surface area (Å²) < 4.78 is 5.74. The standard InChI is InChI=1S/C30H27N3O4/c1-2-3-17-37-22-15-13-21(14-16-22)32-29(35)24-25(30(32)36)27(28(34)19-9-5-4-6-10-19)33-26(24)23-12-8-7-11-20(23)18-31-33/h4-16,18,24-27H,2-3,17H2,1H3/t24-,25+,26+,27+/m0/s1. The molecular formula is C30H27N3O4. The first-order valence-corrected chi connectivity index (χ1v) is 12.7. The quantitative estimate of drug-likeness (QED) is 0.273. The third-order valence-corrected chi connectivity index (χ3v) is 7.48. The first-order valence-electron chi connectivity index (χ1n) is 12.7. The second-order valence-corrected chi connectivity index (χ2v) is 9.63. The zero-order chi connectivity index (χ0) is 25.5. The minimum Gasteiger partial charge on any atom is -0.494 e. The van der Waals surface area contributed by atoms with Crippen molar-refractivity contribution in [1.82, 2.24) is 5.01 Å². The summed E-state index contributed by atoms with van der Waals surface area (Å²) in [4.78, 5) is 42.9.